The van der Waals surface area contributed by atoms with Crippen LogP contribution in [-0.4, -0.2) is 17.9 Å². The number of carbonyl (C=O) groups is 1. The molecule has 2 heteroatoms. The molecular formula is C14H19NO. The number of ketones is 1. The number of hydrogen-bond donors (Lipinski definition) is 0. The van der Waals surface area contributed by atoms with Gasteiger partial charge in [0.25, 0.3) is 0 Å². The third kappa shape index (κ3) is 1.62. The van der Waals surface area contributed by atoms with Gasteiger partial charge >= 0.3 is 0 Å². The van der Waals surface area contributed by atoms with Gasteiger partial charge in [-0.3, -0.25) is 4.79 Å². The molecule has 86 valence electrons. The Morgan fingerprint density at radius 1 is 1.19 bits per heavy atom. The van der Waals surface area contributed by atoms with Crippen LogP contribution in [0.1, 0.15) is 31.4 Å². The van der Waals surface area contributed by atoms with Crippen LogP contribution in [-0.2, 0) is 4.79 Å². The topological polar surface area (TPSA) is 20.3 Å². The second kappa shape index (κ2) is 3.62. The molecule has 0 aromatic heterocycles. The molecular weight excluding hydrogens is 198 g/mol. The van der Waals surface area contributed by atoms with Gasteiger partial charge in [-0.15, -0.1) is 0 Å². The number of rotatable bonds is 1. The Labute approximate surface area is 97.3 Å². The van der Waals surface area contributed by atoms with Crippen LogP contribution in [0.25, 0.3) is 0 Å². The van der Waals surface area contributed by atoms with Crippen molar-refractivity contribution in [3.8, 4) is 0 Å². The van der Waals surface area contributed by atoms with Crippen molar-refractivity contribution in [3.63, 3.8) is 0 Å². The molecule has 0 atom stereocenters. The van der Waals surface area contributed by atoms with Gasteiger partial charge in [0, 0.05) is 18.7 Å². The lowest BCUT2D eigenvalue weighted by Gasteiger charge is -2.32. The molecule has 1 heterocycles. The SMILES string of the molecule is Cc1ccc(N2CCC(=O)C2(C)C)cc1C. The molecule has 1 aliphatic rings. The van der Waals surface area contributed by atoms with E-state index in [9.17, 15) is 4.79 Å². The number of hydrogen-bond acceptors (Lipinski definition) is 2. The normalized spacial score (nSPS) is 19.2. The van der Waals surface area contributed by atoms with Crippen LogP contribution < -0.4 is 4.90 Å². The van der Waals surface area contributed by atoms with Crippen LogP contribution in [0.5, 0.6) is 0 Å². The molecule has 1 aromatic carbocycles. The molecule has 0 spiro atoms. The quantitative estimate of drug-likeness (QED) is 0.721. The molecule has 0 amide bonds. The summed E-state index contributed by atoms with van der Waals surface area (Å²) in [6.07, 6.45) is 0.667. The van der Waals surface area contributed by atoms with E-state index in [1.807, 2.05) is 13.8 Å². The van der Waals surface area contributed by atoms with Crippen molar-refractivity contribution in [3.05, 3.63) is 29.3 Å². The number of anilines is 1. The van der Waals surface area contributed by atoms with Crippen LogP contribution >= 0.6 is 0 Å². The minimum Gasteiger partial charge on any atom is -0.359 e. The second-order valence-corrected chi connectivity index (χ2v) is 5.15. The number of Topliss-reactive ketones (excluding diaryl/α,β-unsaturated/α-hetero) is 1. The third-order valence-corrected chi connectivity index (χ3v) is 3.72. The summed E-state index contributed by atoms with van der Waals surface area (Å²) in [5.41, 5.74) is 3.40. The van der Waals surface area contributed by atoms with E-state index in [4.69, 9.17) is 0 Å². The van der Waals surface area contributed by atoms with Gasteiger partial charge in [0.15, 0.2) is 5.78 Å². The average Bonchev–Trinajstić information content (AvgIpc) is 2.47. The molecule has 0 aliphatic carbocycles. The zero-order valence-electron chi connectivity index (χ0n) is 10.5. The minimum atomic E-state index is -0.346. The summed E-state index contributed by atoms with van der Waals surface area (Å²) in [6, 6.07) is 6.42. The first-order chi connectivity index (χ1) is 7.43. The van der Waals surface area contributed by atoms with E-state index >= 15 is 0 Å². The Morgan fingerprint density at radius 3 is 2.38 bits per heavy atom. The highest BCUT2D eigenvalue weighted by Crippen LogP contribution is 2.32. The Balaban J connectivity index is 2.38. The maximum absolute atomic E-state index is 11.8. The minimum absolute atomic E-state index is 0.339. The van der Waals surface area contributed by atoms with Gasteiger partial charge in [-0.05, 0) is 51.0 Å². The molecule has 16 heavy (non-hydrogen) atoms. The second-order valence-electron chi connectivity index (χ2n) is 5.15. The molecule has 0 unspecified atom stereocenters. The Kier molecular flexibility index (Phi) is 2.53. The number of aryl methyl sites for hydroxylation is 2. The first-order valence-electron chi connectivity index (χ1n) is 5.81. The average molecular weight is 217 g/mol. The predicted molar refractivity (Wildman–Crippen MR) is 67.0 cm³/mol. The summed E-state index contributed by atoms with van der Waals surface area (Å²) in [6.45, 7) is 9.09. The third-order valence-electron chi connectivity index (χ3n) is 3.72. The predicted octanol–water partition coefficient (Wildman–Crippen LogP) is 2.86. The number of carbonyl (C=O) groups excluding carboxylic acids is 1. The van der Waals surface area contributed by atoms with Crippen molar-refractivity contribution in [1.29, 1.82) is 0 Å². The zero-order valence-corrected chi connectivity index (χ0v) is 10.5. The molecule has 1 saturated heterocycles. The first-order valence-corrected chi connectivity index (χ1v) is 5.81. The fourth-order valence-electron chi connectivity index (χ4n) is 2.29. The summed E-state index contributed by atoms with van der Waals surface area (Å²) in [5.74, 6) is 0.339. The van der Waals surface area contributed by atoms with E-state index in [0.29, 0.717) is 12.2 Å². The maximum atomic E-state index is 11.8. The number of benzene rings is 1. The lowest BCUT2D eigenvalue weighted by Crippen LogP contribution is -2.42. The molecule has 1 fully saturated rings. The van der Waals surface area contributed by atoms with Crippen molar-refractivity contribution >= 4 is 11.5 Å². The monoisotopic (exact) mass is 217 g/mol. The van der Waals surface area contributed by atoms with E-state index in [1.165, 1.54) is 16.8 Å². The Morgan fingerprint density at radius 2 is 1.88 bits per heavy atom. The van der Waals surface area contributed by atoms with E-state index in [-0.39, 0.29) is 5.54 Å². The van der Waals surface area contributed by atoms with Gasteiger partial charge in [0.05, 0.1) is 5.54 Å². The van der Waals surface area contributed by atoms with Crippen molar-refractivity contribution in [1.82, 2.24) is 0 Å². The van der Waals surface area contributed by atoms with E-state index in [1.54, 1.807) is 0 Å². The van der Waals surface area contributed by atoms with E-state index in [0.717, 1.165) is 6.54 Å². The Hall–Kier alpha value is -1.31. The lowest BCUT2D eigenvalue weighted by molar-refractivity contribution is -0.120. The fourth-order valence-corrected chi connectivity index (χ4v) is 2.29. The molecule has 0 saturated carbocycles. The fraction of sp³-hybridized carbons (Fsp3) is 0.500. The summed E-state index contributed by atoms with van der Waals surface area (Å²) in [5, 5.41) is 0. The van der Waals surface area contributed by atoms with E-state index < -0.39 is 0 Å². The summed E-state index contributed by atoms with van der Waals surface area (Å²) < 4.78 is 0. The smallest absolute Gasteiger partial charge is 0.159 e. The van der Waals surface area contributed by atoms with Crippen LogP contribution in [0.15, 0.2) is 18.2 Å². The molecule has 1 aliphatic heterocycles. The van der Waals surface area contributed by atoms with Crippen molar-refractivity contribution in [2.75, 3.05) is 11.4 Å². The van der Waals surface area contributed by atoms with Crippen molar-refractivity contribution in [2.45, 2.75) is 39.7 Å². The highest BCUT2D eigenvalue weighted by Gasteiger charge is 2.39. The van der Waals surface area contributed by atoms with Crippen LogP contribution in [0.2, 0.25) is 0 Å². The summed E-state index contributed by atoms with van der Waals surface area (Å²) in [4.78, 5) is 14.0. The van der Waals surface area contributed by atoms with Gasteiger partial charge in [-0.25, -0.2) is 0 Å². The molecule has 0 N–H and O–H groups in total. The lowest BCUT2D eigenvalue weighted by atomic mass is 9.99. The van der Waals surface area contributed by atoms with Crippen molar-refractivity contribution < 1.29 is 4.79 Å². The zero-order chi connectivity index (χ0) is 11.9. The standard InChI is InChI=1S/C14H19NO/c1-10-5-6-12(9-11(10)2)15-8-7-13(16)14(15,3)4/h5-6,9H,7-8H2,1-4H3. The van der Waals surface area contributed by atoms with Crippen LogP contribution in [0.3, 0.4) is 0 Å². The molecule has 0 radical (unpaired) electrons. The largest absolute Gasteiger partial charge is 0.359 e. The van der Waals surface area contributed by atoms with Gasteiger partial charge in [0.1, 0.15) is 0 Å². The molecule has 2 rings (SSSR count). The van der Waals surface area contributed by atoms with Gasteiger partial charge in [0.2, 0.25) is 0 Å². The van der Waals surface area contributed by atoms with Crippen LogP contribution in [0, 0.1) is 13.8 Å². The van der Waals surface area contributed by atoms with Crippen LogP contribution in [0.4, 0.5) is 5.69 Å². The Bertz CT molecular complexity index is 434. The molecule has 2 nitrogen and oxygen atoms in total. The van der Waals surface area contributed by atoms with E-state index in [2.05, 4.69) is 36.9 Å². The molecule has 0 bridgehead atoms. The highest BCUT2D eigenvalue weighted by molar-refractivity contribution is 5.94. The van der Waals surface area contributed by atoms with Gasteiger partial charge in [-0.1, -0.05) is 6.07 Å². The first kappa shape index (κ1) is 11.2. The van der Waals surface area contributed by atoms with Crippen molar-refractivity contribution in [2.24, 2.45) is 0 Å². The highest BCUT2D eigenvalue weighted by atomic mass is 16.1. The number of nitrogens with zero attached hydrogens (tertiary/aromatic N) is 1. The maximum Gasteiger partial charge on any atom is 0.159 e. The summed E-state index contributed by atoms with van der Waals surface area (Å²) in [7, 11) is 0. The summed E-state index contributed by atoms with van der Waals surface area (Å²) >= 11 is 0. The van der Waals surface area contributed by atoms with Gasteiger partial charge in [-0.2, -0.15) is 0 Å². The molecule has 1 aromatic rings. The van der Waals surface area contributed by atoms with Gasteiger partial charge < -0.3 is 4.90 Å².